The van der Waals surface area contributed by atoms with E-state index in [-0.39, 0.29) is 48.9 Å². The van der Waals surface area contributed by atoms with Gasteiger partial charge in [0, 0.05) is 60.7 Å². The van der Waals surface area contributed by atoms with Crippen molar-refractivity contribution in [1.82, 2.24) is 10.3 Å². The first-order valence-corrected chi connectivity index (χ1v) is 13.5. The lowest BCUT2D eigenvalue weighted by atomic mass is 9.93. The third-order valence-electron chi connectivity index (χ3n) is 8.09. The smallest absolute Gasteiger partial charge is 0.223 e. The largest absolute Gasteiger partial charge is 0.362 e. The van der Waals surface area contributed by atoms with Gasteiger partial charge in [0.25, 0.3) is 0 Å². The van der Waals surface area contributed by atoms with Crippen LogP contribution < -0.4 is 5.32 Å². The van der Waals surface area contributed by atoms with E-state index >= 15 is 0 Å². The molecule has 3 atom stereocenters. The van der Waals surface area contributed by atoms with Crippen LogP contribution in [-0.2, 0) is 36.8 Å². The SMILES string of the molecule is CC1=C(C(=O)C[C@H](C)C(=O)N[C@@H](Cc2c[nH]c3ccccc23)C(=O)CCC(=O)[C@@]2(C)CO2)Cc2ccccc21. The topological polar surface area (TPSA) is 109 Å². The first-order chi connectivity index (χ1) is 18.7. The number of para-hydroxylation sites is 1. The summed E-state index contributed by atoms with van der Waals surface area (Å²) in [6.45, 7) is 5.77. The zero-order chi connectivity index (χ0) is 27.7. The number of rotatable bonds is 12. The molecule has 1 aromatic heterocycles. The molecule has 1 aliphatic carbocycles. The Kier molecular flexibility index (Phi) is 7.36. The van der Waals surface area contributed by atoms with Crippen molar-refractivity contribution in [2.75, 3.05) is 6.61 Å². The number of hydrogen-bond acceptors (Lipinski definition) is 5. The average Bonchev–Trinajstić information content (AvgIpc) is 3.42. The van der Waals surface area contributed by atoms with Crippen LogP contribution in [-0.4, -0.2) is 46.5 Å². The number of Topliss-reactive ketones (excluding diaryl/α,β-unsaturated/α-hetero) is 3. The molecule has 39 heavy (non-hydrogen) atoms. The molecule has 7 heteroatoms. The van der Waals surface area contributed by atoms with Gasteiger partial charge < -0.3 is 15.0 Å². The number of epoxide rings is 1. The van der Waals surface area contributed by atoms with E-state index in [9.17, 15) is 19.2 Å². The lowest BCUT2D eigenvalue weighted by Crippen LogP contribution is -2.45. The molecule has 2 aliphatic rings. The molecule has 1 amide bonds. The average molecular weight is 527 g/mol. The molecule has 1 saturated heterocycles. The van der Waals surface area contributed by atoms with E-state index in [0.29, 0.717) is 13.0 Å². The van der Waals surface area contributed by atoms with Crippen molar-refractivity contribution in [1.29, 1.82) is 0 Å². The number of ketones is 3. The van der Waals surface area contributed by atoms with Crippen molar-refractivity contribution in [3.63, 3.8) is 0 Å². The van der Waals surface area contributed by atoms with Gasteiger partial charge in [0.2, 0.25) is 5.91 Å². The number of carbonyl (C=O) groups excluding carboxylic acids is 4. The summed E-state index contributed by atoms with van der Waals surface area (Å²) < 4.78 is 5.22. The van der Waals surface area contributed by atoms with E-state index in [0.717, 1.165) is 38.7 Å². The van der Waals surface area contributed by atoms with Crippen LogP contribution in [0.2, 0.25) is 0 Å². The molecule has 3 aromatic rings. The van der Waals surface area contributed by atoms with Crippen molar-refractivity contribution < 1.29 is 23.9 Å². The fraction of sp³-hybridized carbons (Fsp3) is 0.375. The molecule has 7 nitrogen and oxygen atoms in total. The molecule has 2 aromatic carbocycles. The van der Waals surface area contributed by atoms with Gasteiger partial charge >= 0.3 is 0 Å². The Morgan fingerprint density at radius 1 is 1.05 bits per heavy atom. The van der Waals surface area contributed by atoms with Crippen LogP contribution >= 0.6 is 0 Å². The van der Waals surface area contributed by atoms with Crippen LogP contribution in [0.1, 0.15) is 56.7 Å². The number of carbonyl (C=O) groups is 4. The maximum Gasteiger partial charge on any atom is 0.223 e. The summed E-state index contributed by atoms with van der Waals surface area (Å²) in [5, 5.41) is 3.89. The maximum atomic E-state index is 13.3. The Morgan fingerprint density at radius 2 is 1.77 bits per heavy atom. The van der Waals surface area contributed by atoms with Crippen LogP contribution in [0.5, 0.6) is 0 Å². The highest BCUT2D eigenvalue weighted by Crippen LogP contribution is 2.34. The lowest BCUT2D eigenvalue weighted by molar-refractivity contribution is -0.132. The van der Waals surface area contributed by atoms with Gasteiger partial charge in [-0.1, -0.05) is 49.4 Å². The molecule has 0 saturated carbocycles. The Hall–Kier alpha value is -3.84. The highest BCUT2D eigenvalue weighted by molar-refractivity contribution is 6.06. The summed E-state index contributed by atoms with van der Waals surface area (Å²) in [7, 11) is 0. The molecular weight excluding hydrogens is 492 g/mol. The van der Waals surface area contributed by atoms with Gasteiger partial charge in [0.15, 0.2) is 17.3 Å². The number of nitrogens with one attached hydrogen (secondary N) is 2. The van der Waals surface area contributed by atoms with E-state index in [1.807, 2.05) is 61.7 Å². The molecule has 0 bridgehead atoms. The minimum absolute atomic E-state index is 0.0166. The quantitative estimate of drug-likeness (QED) is 0.337. The van der Waals surface area contributed by atoms with Crippen molar-refractivity contribution in [3.05, 3.63) is 77.0 Å². The van der Waals surface area contributed by atoms with E-state index < -0.39 is 17.6 Å². The number of fused-ring (bicyclic) bond motifs is 2. The van der Waals surface area contributed by atoms with Gasteiger partial charge in [0.1, 0.15) is 5.60 Å². The number of benzene rings is 2. The molecule has 1 fully saturated rings. The molecule has 2 N–H and O–H groups in total. The van der Waals surface area contributed by atoms with Crippen molar-refractivity contribution in [3.8, 4) is 0 Å². The summed E-state index contributed by atoms with van der Waals surface area (Å²) in [6.07, 6.45) is 2.86. The third-order valence-corrected chi connectivity index (χ3v) is 8.09. The van der Waals surface area contributed by atoms with E-state index in [1.165, 1.54) is 0 Å². The van der Waals surface area contributed by atoms with Crippen molar-refractivity contribution in [2.24, 2.45) is 5.92 Å². The second kappa shape index (κ2) is 10.7. The van der Waals surface area contributed by atoms with E-state index in [1.54, 1.807) is 13.8 Å². The molecule has 5 rings (SSSR count). The number of allylic oxidation sites excluding steroid dienone is 2. The fourth-order valence-electron chi connectivity index (χ4n) is 5.35. The van der Waals surface area contributed by atoms with Crippen LogP contribution in [0, 0.1) is 5.92 Å². The van der Waals surface area contributed by atoms with Crippen LogP contribution in [0.3, 0.4) is 0 Å². The van der Waals surface area contributed by atoms with Crippen LogP contribution in [0.4, 0.5) is 0 Å². The summed E-state index contributed by atoms with van der Waals surface area (Å²) in [5.74, 6) is -1.32. The predicted octanol–water partition coefficient (Wildman–Crippen LogP) is 4.53. The zero-order valence-corrected chi connectivity index (χ0v) is 22.6. The molecule has 2 heterocycles. The minimum atomic E-state index is -0.813. The summed E-state index contributed by atoms with van der Waals surface area (Å²) >= 11 is 0. The molecular formula is C32H34N2O5. The van der Waals surface area contributed by atoms with Gasteiger partial charge in [-0.15, -0.1) is 0 Å². The summed E-state index contributed by atoms with van der Waals surface area (Å²) in [4.78, 5) is 55.4. The zero-order valence-electron chi connectivity index (χ0n) is 22.6. The number of H-pyrrole nitrogens is 1. The number of aromatic amines is 1. The predicted molar refractivity (Wildman–Crippen MR) is 149 cm³/mol. The van der Waals surface area contributed by atoms with E-state index in [4.69, 9.17) is 4.74 Å². The number of hydrogen-bond donors (Lipinski definition) is 2. The van der Waals surface area contributed by atoms with E-state index in [2.05, 4.69) is 10.3 Å². The first kappa shape index (κ1) is 26.8. The maximum absolute atomic E-state index is 13.3. The van der Waals surface area contributed by atoms with Gasteiger partial charge in [-0.3, -0.25) is 19.2 Å². The Bertz CT molecular complexity index is 1490. The molecule has 202 valence electrons. The second-order valence-electron chi connectivity index (χ2n) is 11.0. The standard InChI is InChI=1S/C32H34N2O5/c1-19(14-29(36)25-15-21-8-4-5-9-23(21)20(25)2)31(38)34-27(28(35)12-13-30(37)32(3)18-39-32)16-22-17-33-26-11-7-6-10-24(22)26/h4-11,17,19,27,33H,12-16,18H2,1-3H3,(H,34,38)/t19-,27-,32+/m0/s1. The summed E-state index contributed by atoms with van der Waals surface area (Å²) in [5.41, 5.74) is 4.99. The second-order valence-corrected chi connectivity index (χ2v) is 11.0. The van der Waals surface area contributed by atoms with Gasteiger partial charge in [0.05, 0.1) is 12.6 Å². The van der Waals surface area contributed by atoms with Crippen molar-refractivity contribution >= 4 is 39.7 Å². The highest BCUT2D eigenvalue weighted by atomic mass is 16.6. The number of ether oxygens (including phenoxy) is 1. The molecule has 0 spiro atoms. The van der Waals surface area contributed by atoms with Crippen molar-refractivity contribution in [2.45, 2.75) is 64.5 Å². The molecule has 0 radical (unpaired) electrons. The van der Waals surface area contributed by atoms with Crippen LogP contribution in [0.15, 0.2) is 60.3 Å². The van der Waals surface area contributed by atoms with Crippen LogP contribution in [0.25, 0.3) is 16.5 Å². The Balaban J connectivity index is 1.27. The van der Waals surface area contributed by atoms with Gasteiger partial charge in [-0.25, -0.2) is 0 Å². The highest BCUT2D eigenvalue weighted by Gasteiger charge is 2.46. The lowest BCUT2D eigenvalue weighted by Gasteiger charge is -2.20. The number of amides is 1. The third kappa shape index (κ3) is 5.64. The number of aromatic nitrogens is 1. The minimum Gasteiger partial charge on any atom is -0.362 e. The first-order valence-electron chi connectivity index (χ1n) is 13.5. The normalized spacial score (nSPS) is 19.5. The Labute approximate surface area is 228 Å². The molecule has 0 unspecified atom stereocenters. The Morgan fingerprint density at radius 3 is 2.51 bits per heavy atom. The summed E-state index contributed by atoms with van der Waals surface area (Å²) in [6, 6.07) is 14.9. The van der Waals surface area contributed by atoms with Gasteiger partial charge in [-0.2, -0.15) is 0 Å². The van der Waals surface area contributed by atoms with Gasteiger partial charge in [-0.05, 0) is 42.2 Å². The molecule has 1 aliphatic heterocycles. The fourth-order valence-corrected chi connectivity index (χ4v) is 5.35. The monoisotopic (exact) mass is 526 g/mol.